The van der Waals surface area contributed by atoms with E-state index in [0.717, 1.165) is 32.0 Å². The SMILES string of the molecule is Cc1ccc(N=C(SCC(=O)Nc2ccc(C)cc2)c2c(O)n(C)c(=O)n(C)c2=O)cc1. The molecule has 0 aliphatic rings. The largest absolute Gasteiger partial charge is 0.494 e. The maximum Gasteiger partial charge on any atom is 0.333 e. The summed E-state index contributed by atoms with van der Waals surface area (Å²) in [6.45, 7) is 3.89. The van der Waals surface area contributed by atoms with E-state index in [0.29, 0.717) is 11.4 Å². The van der Waals surface area contributed by atoms with Crippen molar-refractivity contribution in [3.05, 3.63) is 86.1 Å². The van der Waals surface area contributed by atoms with Crippen LogP contribution in [0.3, 0.4) is 0 Å². The van der Waals surface area contributed by atoms with Gasteiger partial charge in [-0.1, -0.05) is 47.2 Å². The molecule has 0 aliphatic carbocycles. The summed E-state index contributed by atoms with van der Waals surface area (Å²) in [6.07, 6.45) is 0. The molecule has 8 nitrogen and oxygen atoms in total. The number of aromatic hydroxyl groups is 1. The van der Waals surface area contributed by atoms with E-state index in [9.17, 15) is 19.5 Å². The van der Waals surface area contributed by atoms with Crippen LogP contribution in [0.15, 0.2) is 63.1 Å². The molecule has 1 amide bonds. The van der Waals surface area contributed by atoms with Gasteiger partial charge in [0, 0.05) is 19.8 Å². The standard InChI is InChI=1S/C23H24N4O4S/c1-14-5-9-16(10-6-14)24-18(28)13-32-20(25-17-11-7-15(2)8-12-17)19-21(29)26(3)23(31)27(4)22(19)30/h5-12,29H,13H2,1-4H3,(H,24,28). The maximum absolute atomic E-state index is 12.8. The van der Waals surface area contributed by atoms with Crippen molar-refractivity contribution in [2.75, 3.05) is 11.1 Å². The van der Waals surface area contributed by atoms with Gasteiger partial charge in [0.25, 0.3) is 5.56 Å². The van der Waals surface area contributed by atoms with Crippen LogP contribution >= 0.6 is 11.8 Å². The number of aryl methyl sites for hydroxylation is 2. The van der Waals surface area contributed by atoms with E-state index in [1.807, 2.05) is 38.1 Å². The fraction of sp³-hybridized carbons (Fsp3) is 0.217. The van der Waals surface area contributed by atoms with Gasteiger partial charge in [0.1, 0.15) is 10.6 Å². The van der Waals surface area contributed by atoms with Gasteiger partial charge < -0.3 is 10.4 Å². The van der Waals surface area contributed by atoms with Crippen molar-refractivity contribution in [3.8, 4) is 5.88 Å². The number of aromatic nitrogens is 2. The summed E-state index contributed by atoms with van der Waals surface area (Å²) in [7, 11) is 2.69. The second-order valence-electron chi connectivity index (χ2n) is 7.36. The highest BCUT2D eigenvalue weighted by Crippen LogP contribution is 2.23. The molecule has 0 unspecified atom stereocenters. The number of hydrogen-bond acceptors (Lipinski definition) is 6. The summed E-state index contributed by atoms with van der Waals surface area (Å²) in [5.41, 5.74) is 1.83. The molecule has 9 heteroatoms. The minimum atomic E-state index is -0.692. The number of carbonyl (C=O) groups is 1. The molecule has 1 heterocycles. The Hall–Kier alpha value is -3.59. The zero-order valence-corrected chi connectivity index (χ0v) is 19.1. The molecular weight excluding hydrogens is 428 g/mol. The van der Waals surface area contributed by atoms with Gasteiger partial charge in [-0.15, -0.1) is 0 Å². The number of thioether (sulfide) groups is 1. The Bertz CT molecular complexity index is 1290. The summed E-state index contributed by atoms with van der Waals surface area (Å²) in [5.74, 6) is -0.851. The predicted octanol–water partition coefficient (Wildman–Crippen LogP) is 2.86. The molecule has 0 atom stereocenters. The van der Waals surface area contributed by atoms with Gasteiger partial charge in [-0.3, -0.25) is 18.7 Å². The summed E-state index contributed by atoms with van der Waals surface area (Å²) >= 11 is 1.01. The molecule has 0 bridgehead atoms. The Morgan fingerprint density at radius 3 is 2.12 bits per heavy atom. The highest BCUT2D eigenvalue weighted by atomic mass is 32.2. The molecule has 0 fully saturated rings. The first-order valence-electron chi connectivity index (χ1n) is 9.81. The molecule has 0 saturated heterocycles. The summed E-state index contributed by atoms with van der Waals surface area (Å²) in [5, 5.41) is 13.5. The van der Waals surface area contributed by atoms with Crippen LogP contribution < -0.4 is 16.6 Å². The first kappa shape index (κ1) is 23.1. The third kappa shape index (κ3) is 5.17. The lowest BCUT2D eigenvalue weighted by atomic mass is 10.2. The van der Waals surface area contributed by atoms with E-state index in [4.69, 9.17) is 0 Å². The van der Waals surface area contributed by atoms with Crippen LogP contribution in [-0.4, -0.2) is 30.9 Å². The number of hydrogen-bond donors (Lipinski definition) is 2. The molecular formula is C23H24N4O4S. The zero-order valence-electron chi connectivity index (χ0n) is 18.2. The lowest BCUT2D eigenvalue weighted by molar-refractivity contribution is -0.113. The number of carbonyl (C=O) groups excluding carboxylic acids is 1. The zero-order chi connectivity index (χ0) is 23.4. The van der Waals surface area contributed by atoms with Crippen LogP contribution in [0.4, 0.5) is 11.4 Å². The van der Waals surface area contributed by atoms with Crippen molar-refractivity contribution in [2.45, 2.75) is 13.8 Å². The van der Waals surface area contributed by atoms with E-state index in [-0.39, 0.29) is 22.3 Å². The quantitative estimate of drug-likeness (QED) is 0.457. The maximum atomic E-state index is 12.8. The normalized spacial score (nSPS) is 11.4. The van der Waals surface area contributed by atoms with Gasteiger partial charge in [0.15, 0.2) is 0 Å². The molecule has 2 N–H and O–H groups in total. The van der Waals surface area contributed by atoms with E-state index in [1.165, 1.54) is 14.1 Å². The lowest BCUT2D eigenvalue weighted by Gasteiger charge is -2.12. The predicted molar refractivity (Wildman–Crippen MR) is 128 cm³/mol. The lowest BCUT2D eigenvalue weighted by Crippen LogP contribution is -2.39. The van der Waals surface area contributed by atoms with Crippen molar-refractivity contribution < 1.29 is 9.90 Å². The third-order valence-corrected chi connectivity index (χ3v) is 5.76. The van der Waals surface area contributed by atoms with Gasteiger partial charge in [-0.2, -0.15) is 0 Å². The first-order chi connectivity index (χ1) is 15.2. The van der Waals surface area contributed by atoms with Gasteiger partial charge in [-0.05, 0) is 38.1 Å². The average molecular weight is 453 g/mol. The van der Waals surface area contributed by atoms with Crippen molar-refractivity contribution in [2.24, 2.45) is 19.1 Å². The number of anilines is 1. The van der Waals surface area contributed by atoms with Gasteiger partial charge in [0.05, 0.1) is 11.4 Å². The molecule has 0 radical (unpaired) electrons. The highest BCUT2D eigenvalue weighted by molar-refractivity contribution is 8.15. The monoisotopic (exact) mass is 452 g/mol. The van der Waals surface area contributed by atoms with Crippen LogP contribution in [0, 0.1) is 13.8 Å². The molecule has 166 valence electrons. The number of benzene rings is 2. The Morgan fingerprint density at radius 2 is 1.53 bits per heavy atom. The molecule has 2 aromatic carbocycles. The van der Waals surface area contributed by atoms with Gasteiger partial charge in [0.2, 0.25) is 11.8 Å². The number of aliphatic imine (C=N–C) groups is 1. The summed E-state index contributed by atoms with van der Waals surface area (Å²) in [6, 6.07) is 14.6. The summed E-state index contributed by atoms with van der Waals surface area (Å²) < 4.78 is 1.86. The number of nitrogens with one attached hydrogen (secondary N) is 1. The fourth-order valence-electron chi connectivity index (χ4n) is 2.89. The Labute approximate surface area is 189 Å². The minimum Gasteiger partial charge on any atom is -0.494 e. The first-order valence-corrected chi connectivity index (χ1v) is 10.8. The highest BCUT2D eigenvalue weighted by Gasteiger charge is 2.21. The van der Waals surface area contributed by atoms with E-state index >= 15 is 0 Å². The van der Waals surface area contributed by atoms with Crippen molar-refractivity contribution in [3.63, 3.8) is 0 Å². The number of rotatable bonds is 5. The minimum absolute atomic E-state index is 0.0516. The van der Waals surface area contributed by atoms with Crippen LogP contribution in [0.1, 0.15) is 16.7 Å². The van der Waals surface area contributed by atoms with Crippen molar-refractivity contribution >= 4 is 34.1 Å². The van der Waals surface area contributed by atoms with Gasteiger partial charge >= 0.3 is 5.69 Å². The fourth-order valence-corrected chi connectivity index (χ4v) is 3.72. The van der Waals surface area contributed by atoms with E-state index < -0.39 is 17.1 Å². The number of amides is 1. The molecule has 32 heavy (non-hydrogen) atoms. The Balaban J connectivity index is 1.96. The molecule has 1 aromatic heterocycles. The average Bonchev–Trinajstić information content (AvgIpc) is 2.77. The summed E-state index contributed by atoms with van der Waals surface area (Å²) in [4.78, 5) is 41.9. The smallest absolute Gasteiger partial charge is 0.333 e. The molecule has 0 saturated carbocycles. The van der Waals surface area contributed by atoms with Crippen LogP contribution in [0.2, 0.25) is 0 Å². The number of nitrogens with zero attached hydrogens (tertiary/aromatic N) is 3. The Morgan fingerprint density at radius 1 is 0.969 bits per heavy atom. The molecule has 0 aliphatic heterocycles. The van der Waals surface area contributed by atoms with Crippen molar-refractivity contribution in [1.82, 2.24) is 9.13 Å². The van der Waals surface area contributed by atoms with Crippen LogP contribution in [0.25, 0.3) is 0 Å². The molecule has 0 spiro atoms. The van der Waals surface area contributed by atoms with Crippen LogP contribution in [-0.2, 0) is 18.9 Å². The second kappa shape index (κ2) is 9.69. The Kier molecular flexibility index (Phi) is 6.99. The van der Waals surface area contributed by atoms with E-state index in [1.54, 1.807) is 24.3 Å². The third-order valence-electron chi connectivity index (χ3n) is 4.79. The topological polar surface area (TPSA) is 106 Å². The van der Waals surface area contributed by atoms with Crippen molar-refractivity contribution in [1.29, 1.82) is 0 Å². The molecule has 3 rings (SSSR count). The van der Waals surface area contributed by atoms with Crippen LogP contribution in [0.5, 0.6) is 5.88 Å². The molecule has 3 aromatic rings. The second-order valence-corrected chi connectivity index (χ2v) is 8.32. The van der Waals surface area contributed by atoms with E-state index in [2.05, 4.69) is 10.3 Å². The van der Waals surface area contributed by atoms with Gasteiger partial charge in [-0.25, -0.2) is 9.79 Å².